The fourth-order valence-corrected chi connectivity index (χ4v) is 3.98. The zero-order chi connectivity index (χ0) is 19.0. The van der Waals surface area contributed by atoms with Gasteiger partial charge < -0.3 is 4.90 Å². The van der Waals surface area contributed by atoms with Gasteiger partial charge in [0.1, 0.15) is 6.04 Å². The highest BCUT2D eigenvalue weighted by atomic mass is 16.2. The standard InChI is InChI=1S/C21H21N3O3/c1-14(15-8-10-22-11-9-15)18(21(27)23-12-4-5-13-23)24-19(25)16-6-2-3-7-17(16)20(24)26/h2-3,6-11,14,18H,4-5,12-13H2,1H3/t14-,18+/m0/s1. The molecule has 1 aromatic heterocycles. The lowest BCUT2D eigenvalue weighted by molar-refractivity contribution is -0.135. The van der Waals surface area contributed by atoms with Crippen LogP contribution in [-0.2, 0) is 4.79 Å². The molecular formula is C21H21N3O3. The van der Waals surface area contributed by atoms with Gasteiger partial charge in [0.25, 0.3) is 11.8 Å². The lowest BCUT2D eigenvalue weighted by Gasteiger charge is -2.33. The average molecular weight is 363 g/mol. The number of hydrogen-bond donors (Lipinski definition) is 0. The Bertz CT molecular complexity index is 856. The lowest BCUT2D eigenvalue weighted by Crippen LogP contribution is -2.52. The van der Waals surface area contributed by atoms with Gasteiger partial charge >= 0.3 is 0 Å². The number of pyridine rings is 1. The highest BCUT2D eigenvalue weighted by Crippen LogP contribution is 2.32. The molecule has 27 heavy (non-hydrogen) atoms. The van der Waals surface area contributed by atoms with E-state index in [0.29, 0.717) is 24.2 Å². The van der Waals surface area contributed by atoms with Crippen molar-refractivity contribution in [2.75, 3.05) is 13.1 Å². The van der Waals surface area contributed by atoms with Gasteiger partial charge in [-0.05, 0) is 42.7 Å². The number of imide groups is 1. The monoisotopic (exact) mass is 363 g/mol. The quantitative estimate of drug-likeness (QED) is 0.783. The maximum absolute atomic E-state index is 13.4. The van der Waals surface area contributed by atoms with Gasteiger partial charge in [0.05, 0.1) is 11.1 Å². The minimum Gasteiger partial charge on any atom is -0.341 e. The number of hydrogen-bond acceptors (Lipinski definition) is 4. The molecule has 2 aromatic rings. The summed E-state index contributed by atoms with van der Waals surface area (Å²) in [7, 11) is 0. The normalized spacial score (nSPS) is 18.6. The molecule has 0 aliphatic carbocycles. The van der Waals surface area contributed by atoms with E-state index in [-0.39, 0.29) is 11.8 Å². The van der Waals surface area contributed by atoms with E-state index in [0.717, 1.165) is 23.3 Å². The third kappa shape index (κ3) is 2.91. The van der Waals surface area contributed by atoms with Crippen LogP contribution in [0.1, 0.15) is 52.0 Å². The molecule has 0 spiro atoms. The number of benzene rings is 1. The highest BCUT2D eigenvalue weighted by Gasteiger charge is 2.46. The molecule has 0 N–H and O–H groups in total. The van der Waals surface area contributed by atoms with Crippen molar-refractivity contribution in [2.45, 2.75) is 31.7 Å². The number of amides is 3. The Kier molecular flexibility index (Phi) is 4.48. The van der Waals surface area contributed by atoms with Gasteiger partial charge in [-0.2, -0.15) is 0 Å². The number of carbonyl (C=O) groups is 3. The molecular weight excluding hydrogens is 342 g/mol. The topological polar surface area (TPSA) is 70.6 Å². The van der Waals surface area contributed by atoms with Gasteiger partial charge in [-0.1, -0.05) is 19.1 Å². The predicted molar refractivity (Wildman–Crippen MR) is 99.2 cm³/mol. The zero-order valence-corrected chi connectivity index (χ0v) is 15.2. The van der Waals surface area contributed by atoms with Gasteiger partial charge in [-0.3, -0.25) is 24.3 Å². The molecule has 1 fully saturated rings. The molecule has 4 rings (SSSR count). The molecule has 6 heteroatoms. The summed E-state index contributed by atoms with van der Waals surface area (Å²) in [4.78, 5) is 46.4. The Morgan fingerprint density at radius 1 is 0.963 bits per heavy atom. The maximum atomic E-state index is 13.4. The van der Waals surface area contributed by atoms with E-state index >= 15 is 0 Å². The largest absolute Gasteiger partial charge is 0.341 e. The summed E-state index contributed by atoms with van der Waals surface area (Å²) < 4.78 is 0. The number of nitrogens with zero attached hydrogens (tertiary/aromatic N) is 3. The molecule has 3 amide bonds. The van der Waals surface area contributed by atoms with Crippen LogP contribution in [-0.4, -0.2) is 51.6 Å². The fraction of sp³-hybridized carbons (Fsp3) is 0.333. The van der Waals surface area contributed by atoms with Crippen molar-refractivity contribution in [2.24, 2.45) is 0 Å². The van der Waals surface area contributed by atoms with Gasteiger partial charge in [0.15, 0.2) is 0 Å². The number of aromatic nitrogens is 1. The van der Waals surface area contributed by atoms with E-state index in [4.69, 9.17) is 0 Å². The summed E-state index contributed by atoms with van der Waals surface area (Å²) in [5, 5.41) is 0. The van der Waals surface area contributed by atoms with E-state index in [1.165, 1.54) is 0 Å². The first-order valence-corrected chi connectivity index (χ1v) is 9.25. The van der Waals surface area contributed by atoms with E-state index < -0.39 is 17.9 Å². The molecule has 0 saturated carbocycles. The second-order valence-electron chi connectivity index (χ2n) is 7.07. The Morgan fingerprint density at radius 3 is 2.07 bits per heavy atom. The predicted octanol–water partition coefficient (Wildman–Crippen LogP) is 2.47. The first kappa shape index (κ1) is 17.4. The third-order valence-electron chi connectivity index (χ3n) is 5.48. The molecule has 138 valence electrons. The molecule has 2 atom stereocenters. The van der Waals surface area contributed by atoms with Crippen LogP contribution < -0.4 is 0 Å². The van der Waals surface area contributed by atoms with E-state index in [1.54, 1.807) is 41.6 Å². The smallest absolute Gasteiger partial charge is 0.262 e. The van der Waals surface area contributed by atoms with E-state index in [9.17, 15) is 14.4 Å². The Balaban J connectivity index is 1.75. The van der Waals surface area contributed by atoms with Crippen molar-refractivity contribution in [3.8, 4) is 0 Å². The van der Waals surface area contributed by atoms with Crippen molar-refractivity contribution in [3.63, 3.8) is 0 Å². The van der Waals surface area contributed by atoms with Crippen molar-refractivity contribution in [1.82, 2.24) is 14.8 Å². The Morgan fingerprint density at radius 2 is 1.52 bits per heavy atom. The zero-order valence-electron chi connectivity index (χ0n) is 15.2. The first-order valence-electron chi connectivity index (χ1n) is 9.25. The molecule has 0 bridgehead atoms. The second kappa shape index (κ2) is 6.95. The van der Waals surface area contributed by atoms with Crippen LogP contribution in [0, 0.1) is 0 Å². The Labute approximate surface area is 157 Å². The SMILES string of the molecule is C[C@@H](c1ccncc1)[C@H](C(=O)N1CCCC1)N1C(=O)c2ccccc2C1=O. The molecule has 0 unspecified atom stereocenters. The molecule has 0 radical (unpaired) electrons. The third-order valence-corrected chi connectivity index (χ3v) is 5.48. The molecule has 2 aliphatic rings. The van der Waals surface area contributed by atoms with Crippen LogP contribution in [0.25, 0.3) is 0 Å². The summed E-state index contributed by atoms with van der Waals surface area (Å²) in [6.07, 6.45) is 5.21. The van der Waals surface area contributed by atoms with E-state index in [2.05, 4.69) is 4.98 Å². The first-order chi connectivity index (χ1) is 13.1. The van der Waals surface area contributed by atoms with Crippen LogP contribution in [0.15, 0.2) is 48.8 Å². The van der Waals surface area contributed by atoms with E-state index in [1.807, 2.05) is 19.1 Å². The van der Waals surface area contributed by atoms with Crippen molar-refractivity contribution in [1.29, 1.82) is 0 Å². The molecule has 1 saturated heterocycles. The summed E-state index contributed by atoms with van der Waals surface area (Å²) in [6.45, 7) is 3.22. The van der Waals surface area contributed by atoms with Gasteiger partial charge in [-0.15, -0.1) is 0 Å². The number of likely N-dealkylation sites (tertiary alicyclic amines) is 1. The molecule has 3 heterocycles. The minimum atomic E-state index is -0.863. The second-order valence-corrected chi connectivity index (χ2v) is 7.07. The number of fused-ring (bicyclic) bond motifs is 1. The molecule has 1 aromatic carbocycles. The van der Waals surface area contributed by atoms with Crippen molar-refractivity contribution >= 4 is 17.7 Å². The van der Waals surface area contributed by atoms with Crippen LogP contribution in [0.3, 0.4) is 0 Å². The van der Waals surface area contributed by atoms with Crippen LogP contribution >= 0.6 is 0 Å². The summed E-state index contributed by atoms with van der Waals surface area (Å²) in [6, 6.07) is 9.54. The van der Waals surface area contributed by atoms with Crippen LogP contribution in [0.4, 0.5) is 0 Å². The van der Waals surface area contributed by atoms with Crippen LogP contribution in [0.2, 0.25) is 0 Å². The number of carbonyl (C=O) groups excluding carboxylic acids is 3. The highest BCUT2D eigenvalue weighted by molar-refractivity contribution is 6.23. The number of rotatable bonds is 4. The molecule has 6 nitrogen and oxygen atoms in total. The minimum absolute atomic E-state index is 0.161. The summed E-state index contributed by atoms with van der Waals surface area (Å²) in [5.74, 6) is -1.28. The average Bonchev–Trinajstić information content (AvgIpc) is 3.32. The van der Waals surface area contributed by atoms with Crippen molar-refractivity contribution in [3.05, 3.63) is 65.5 Å². The van der Waals surface area contributed by atoms with Crippen LogP contribution in [0.5, 0.6) is 0 Å². The maximum Gasteiger partial charge on any atom is 0.262 e. The van der Waals surface area contributed by atoms with Gasteiger partial charge in [-0.25, -0.2) is 0 Å². The lowest BCUT2D eigenvalue weighted by atomic mass is 9.91. The fourth-order valence-electron chi connectivity index (χ4n) is 3.98. The van der Waals surface area contributed by atoms with Gasteiger partial charge in [0, 0.05) is 31.4 Å². The van der Waals surface area contributed by atoms with Crippen molar-refractivity contribution < 1.29 is 14.4 Å². The summed E-state index contributed by atoms with van der Waals surface area (Å²) >= 11 is 0. The summed E-state index contributed by atoms with van der Waals surface area (Å²) in [5.41, 5.74) is 1.60. The Hall–Kier alpha value is -3.02. The van der Waals surface area contributed by atoms with Gasteiger partial charge in [0.2, 0.25) is 5.91 Å². The molecule has 2 aliphatic heterocycles.